The molecule has 2 saturated heterocycles. The molecule has 2 N–H and O–H groups in total. The number of halogens is 1. The lowest BCUT2D eigenvalue weighted by Gasteiger charge is -2.33. The first-order valence-corrected chi connectivity index (χ1v) is 13.8. The van der Waals surface area contributed by atoms with Crippen molar-refractivity contribution >= 4 is 39.4 Å². The number of anilines is 1. The highest BCUT2D eigenvalue weighted by Gasteiger charge is 2.34. The lowest BCUT2D eigenvalue weighted by atomic mass is 9.90. The van der Waals surface area contributed by atoms with E-state index < -0.39 is 0 Å². The van der Waals surface area contributed by atoms with Crippen LogP contribution in [0.3, 0.4) is 0 Å². The SMILES string of the molecule is Cc1nc(-c2cc(Cl)cnc2C2CCCOC2n2ncc3c(N)cccc32)c2ncn(C3CCCCO3)c2n1. The van der Waals surface area contributed by atoms with Crippen molar-refractivity contribution in [1.82, 2.24) is 34.3 Å². The van der Waals surface area contributed by atoms with Crippen LogP contribution in [0.1, 0.15) is 62.0 Å². The van der Waals surface area contributed by atoms with Crippen molar-refractivity contribution in [3.05, 3.63) is 59.5 Å². The molecule has 5 aromatic rings. The van der Waals surface area contributed by atoms with Gasteiger partial charge in [-0.1, -0.05) is 17.7 Å². The summed E-state index contributed by atoms with van der Waals surface area (Å²) in [6.45, 7) is 3.27. The van der Waals surface area contributed by atoms with E-state index in [2.05, 4.69) is 0 Å². The van der Waals surface area contributed by atoms with E-state index in [1.165, 1.54) is 0 Å². The monoisotopic (exact) mass is 544 g/mol. The van der Waals surface area contributed by atoms with Crippen LogP contribution >= 0.6 is 11.6 Å². The third kappa shape index (κ3) is 4.23. The number of imidazole rings is 1. The van der Waals surface area contributed by atoms with Gasteiger partial charge in [0.15, 0.2) is 11.9 Å². The molecule has 10 nitrogen and oxygen atoms in total. The van der Waals surface area contributed by atoms with Gasteiger partial charge in [-0.3, -0.25) is 9.55 Å². The van der Waals surface area contributed by atoms with Crippen LogP contribution in [-0.2, 0) is 9.47 Å². The summed E-state index contributed by atoms with van der Waals surface area (Å²) in [6.07, 6.45) is 9.73. The van der Waals surface area contributed by atoms with Gasteiger partial charge in [-0.2, -0.15) is 5.10 Å². The minimum absolute atomic E-state index is 0.0838. The smallest absolute Gasteiger partial charge is 0.166 e. The summed E-state index contributed by atoms with van der Waals surface area (Å²) in [5.74, 6) is 0.551. The molecule has 6 heterocycles. The fourth-order valence-electron chi connectivity index (χ4n) is 5.88. The number of hydrogen-bond acceptors (Lipinski definition) is 8. The van der Waals surface area contributed by atoms with Crippen LogP contribution < -0.4 is 5.73 Å². The zero-order valence-electron chi connectivity index (χ0n) is 21.6. The van der Waals surface area contributed by atoms with Gasteiger partial charge in [0.05, 0.1) is 28.8 Å². The van der Waals surface area contributed by atoms with Crippen molar-refractivity contribution in [2.75, 3.05) is 18.9 Å². The summed E-state index contributed by atoms with van der Waals surface area (Å²) in [5, 5.41) is 6.13. The Balaban J connectivity index is 1.37. The van der Waals surface area contributed by atoms with Gasteiger partial charge in [0, 0.05) is 42.0 Å². The van der Waals surface area contributed by atoms with Crippen molar-refractivity contribution in [3.8, 4) is 11.3 Å². The van der Waals surface area contributed by atoms with Gasteiger partial charge in [0.1, 0.15) is 23.3 Å². The summed E-state index contributed by atoms with van der Waals surface area (Å²) in [4.78, 5) is 19.3. The van der Waals surface area contributed by atoms with Crippen LogP contribution in [0.5, 0.6) is 0 Å². The zero-order valence-corrected chi connectivity index (χ0v) is 22.4. The fourth-order valence-corrected chi connectivity index (χ4v) is 6.03. The number of ether oxygens (including phenoxy) is 2. The molecule has 7 rings (SSSR count). The van der Waals surface area contributed by atoms with Gasteiger partial charge < -0.3 is 15.2 Å². The van der Waals surface area contributed by atoms with Gasteiger partial charge >= 0.3 is 0 Å². The van der Waals surface area contributed by atoms with Gasteiger partial charge in [-0.15, -0.1) is 0 Å². The molecular formula is C28H29ClN8O2. The van der Waals surface area contributed by atoms with Gasteiger partial charge in [-0.05, 0) is 57.2 Å². The summed E-state index contributed by atoms with van der Waals surface area (Å²) < 4.78 is 16.4. The average molecular weight is 545 g/mol. The Morgan fingerprint density at radius 1 is 1.03 bits per heavy atom. The molecule has 3 atom stereocenters. The topological polar surface area (TPSA) is 119 Å². The van der Waals surface area contributed by atoms with E-state index in [1.54, 1.807) is 12.4 Å². The first kappa shape index (κ1) is 24.4. The highest BCUT2D eigenvalue weighted by molar-refractivity contribution is 6.30. The van der Waals surface area contributed by atoms with Crippen LogP contribution in [0.4, 0.5) is 5.69 Å². The molecule has 2 aliphatic heterocycles. The van der Waals surface area contributed by atoms with Crippen LogP contribution in [-0.4, -0.2) is 47.5 Å². The fraction of sp³-hybridized carbons (Fsp3) is 0.393. The summed E-state index contributed by atoms with van der Waals surface area (Å²) in [5.41, 5.74) is 11.7. The first-order chi connectivity index (χ1) is 19.1. The van der Waals surface area contributed by atoms with Crippen LogP contribution in [0.15, 0.2) is 43.0 Å². The Morgan fingerprint density at radius 3 is 2.79 bits per heavy atom. The van der Waals surface area contributed by atoms with E-state index in [0.29, 0.717) is 34.4 Å². The molecule has 2 fully saturated rings. The maximum atomic E-state index is 6.54. The molecule has 3 unspecified atom stereocenters. The van der Waals surface area contributed by atoms with Crippen molar-refractivity contribution in [2.45, 2.75) is 57.4 Å². The summed E-state index contributed by atoms with van der Waals surface area (Å²) in [7, 11) is 0. The Hall–Kier alpha value is -3.60. The van der Waals surface area contributed by atoms with E-state index in [4.69, 9.17) is 51.8 Å². The highest BCUT2D eigenvalue weighted by atomic mass is 35.5. The van der Waals surface area contributed by atoms with E-state index in [9.17, 15) is 0 Å². The number of fused-ring (bicyclic) bond motifs is 2. The molecule has 2 aliphatic rings. The molecule has 0 radical (unpaired) electrons. The second kappa shape index (κ2) is 9.86. The number of rotatable bonds is 4. The van der Waals surface area contributed by atoms with Gasteiger partial charge in [-0.25, -0.2) is 19.6 Å². The van der Waals surface area contributed by atoms with Gasteiger partial charge in [0.2, 0.25) is 0 Å². The van der Waals surface area contributed by atoms with Crippen LogP contribution in [0, 0.1) is 6.92 Å². The molecule has 0 aliphatic carbocycles. The van der Waals surface area contributed by atoms with E-state index in [-0.39, 0.29) is 18.4 Å². The first-order valence-electron chi connectivity index (χ1n) is 13.4. The zero-order chi connectivity index (χ0) is 26.5. The molecule has 0 bridgehead atoms. The lowest BCUT2D eigenvalue weighted by Crippen LogP contribution is -2.28. The highest BCUT2D eigenvalue weighted by Crippen LogP contribution is 2.43. The molecule has 0 amide bonds. The largest absolute Gasteiger partial charge is 0.398 e. The number of hydrogen-bond donors (Lipinski definition) is 1. The molecule has 0 saturated carbocycles. The third-order valence-electron chi connectivity index (χ3n) is 7.70. The summed E-state index contributed by atoms with van der Waals surface area (Å²) >= 11 is 6.54. The molecule has 0 spiro atoms. The Morgan fingerprint density at radius 2 is 1.92 bits per heavy atom. The average Bonchev–Trinajstić information content (AvgIpc) is 3.58. The molecule has 4 aromatic heterocycles. The molecule has 11 heteroatoms. The van der Waals surface area contributed by atoms with Crippen LogP contribution in [0.2, 0.25) is 5.02 Å². The Labute approximate surface area is 230 Å². The normalized spacial score (nSPS) is 22.1. The number of aromatic nitrogens is 7. The number of nitrogens with zero attached hydrogens (tertiary/aromatic N) is 7. The van der Waals surface area contributed by atoms with Crippen LogP contribution in [0.25, 0.3) is 33.3 Å². The number of pyridine rings is 1. The molecule has 1 aromatic carbocycles. The quantitative estimate of drug-likeness (QED) is 0.291. The van der Waals surface area contributed by atoms with Crippen molar-refractivity contribution < 1.29 is 9.47 Å². The lowest BCUT2D eigenvalue weighted by molar-refractivity contribution is -0.0540. The molecule has 39 heavy (non-hydrogen) atoms. The van der Waals surface area contributed by atoms with Crippen molar-refractivity contribution in [3.63, 3.8) is 0 Å². The summed E-state index contributed by atoms with van der Waals surface area (Å²) in [6, 6.07) is 7.76. The predicted octanol–water partition coefficient (Wildman–Crippen LogP) is 5.57. The van der Waals surface area contributed by atoms with Gasteiger partial charge in [0.25, 0.3) is 0 Å². The minimum atomic E-state index is -0.364. The van der Waals surface area contributed by atoms with E-state index >= 15 is 0 Å². The molecular weight excluding hydrogens is 516 g/mol. The predicted molar refractivity (Wildman–Crippen MR) is 148 cm³/mol. The maximum Gasteiger partial charge on any atom is 0.166 e. The second-order valence-corrected chi connectivity index (χ2v) is 10.7. The maximum absolute atomic E-state index is 6.54. The van der Waals surface area contributed by atoms with E-state index in [0.717, 1.165) is 66.5 Å². The van der Waals surface area contributed by atoms with Crippen molar-refractivity contribution in [1.29, 1.82) is 0 Å². The number of aryl methyl sites for hydroxylation is 1. The minimum Gasteiger partial charge on any atom is -0.398 e. The third-order valence-corrected chi connectivity index (χ3v) is 7.91. The van der Waals surface area contributed by atoms with Crippen molar-refractivity contribution in [2.24, 2.45) is 0 Å². The Kier molecular flexibility index (Phi) is 6.18. The second-order valence-electron chi connectivity index (χ2n) is 10.2. The molecule has 200 valence electrons. The number of nitrogen functional groups attached to an aromatic ring is 1. The number of nitrogens with two attached hydrogens (primary N) is 1. The Bertz CT molecular complexity index is 1680. The standard InChI is InChI=1S/C28H29ClN8O2/c1-16-34-25(26-27(35-16)36(15-32-26)23-9-2-3-10-38-23)19-12-17(29)13-31-24(19)18-6-5-11-39-28(18)37-22-8-4-7-21(30)20(22)14-33-37/h4,7-8,12-15,18,23,28H,2-3,5-6,9-11,30H2,1H3. The number of benzene rings is 1. The van der Waals surface area contributed by atoms with E-state index in [1.807, 2.05) is 46.8 Å².